The first-order valence-corrected chi connectivity index (χ1v) is 11.6. The van der Waals surface area contributed by atoms with E-state index >= 15 is 0 Å². The van der Waals surface area contributed by atoms with E-state index in [-0.39, 0.29) is 17.7 Å². The Morgan fingerprint density at radius 1 is 1.07 bits per heavy atom. The Kier molecular flexibility index (Phi) is 5.71. The van der Waals surface area contributed by atoms with Crippen LogP contribution in [0.25, 0.3) is 0 Å². The zero-order valence-corrected chi connectivity index (χ0v) is 17.0. The Morgan fingerprint density at radius 2 is 1.86 bits per heavy atom. The molecule has 5 nitrogen and oxygen atoms in total. The fourth-order valence-electron chi connectivity index (χ4n) is 3.89. The second kappa shape index (κ2) is 8.23. The average molecular weight is 401 g/mol. The molecule has 2 aromatic rings. The van der Waals surface area contributed by atoms with E-state index < -0.39 is 10.0 Å². The molecule has 0 saturated heterocycles. The molecule has 0 unspecified atom stereocenters. The predicted octanol–water partition coefficient (Wildman–Crippen LogP) is 2.82. The van der Waals surface area contributed by atoms with Gasteiger partial charge in [0.2, 0.25) is 10.0 Å². The van der Waals surface area contributed by atoms with Crippen LogP contribution >= 0.6 is 0 Å². The first-order valence-electron chi connectivity index (χ1n) is 9.98. The third kappa shape index (κ3) is 4.74. The molecule has 150 valence electrons. The summed E-state index contributed by atoms with van der Waals surface area (Å²) in [5, 5.41) is 3.38. The van der Waals surface area contributed by atoms with E-state index in [4.69, 9.17) is 4.74 Å². The largest absolute Gasteiger partial charge is 0.492 e. The minimum Gasteiger partial charge on any atom is -0.492 e. The van der Waals surface area contributed by atoms with Gasteiger partial charge in [-0.3, -0.25) is 0 Å². The van der Waals surface area contributed by atoms with Crippen LogP contribution in [0.2, 0.25) is 0 Å². The third-order valence-electron chi connectivity index (χ3n) is 5.70. The summed E-state index contributed by atoms with van der Waals surface area (Å²) in [5.74, 6) is 1.77. The monoisotopic (exact) mass is 400 g/mol. The smallest absolute Gasteiger partial charge is 0.212 e. The molecule has 1 fully saturated rings. The molecule has 0 amide bonds. The lowest BCUT2D eigenvalue weighted by molar-refractivity contribution is 0.218. The Bertz CT molecular complexity index is 911. The van der Waals surface area contributed by atoms with Gasteiger partial charge in [-0.2, -0.15) is 0 Å². The van der Waals surface area contributed by atoms with Gasteiger partial charge in [0.25, 0.3) is 0 Å². The Hall–Kier alpha value is -1.89. The van der Waals surface area contributed by atoms with Crippen LogP contribution in [0.3, 0.4) is 0 Å². The lowest BCUT2D eigenvalue weighted by Gasteiger charge is -2.34. The van der Waals surface area contributed by atoms with E-state index in [0.717, 1.165) is 36.1 Å². The second-order valence-corrected chi connectivity index (χ2v) is 9.77. The Labute approximate surface area is 167 Å². The van der Waals surface area contributed by atoms with Crippen LogP contribution in [-0.4, -0.2) is 33.9 Å². The number of rotatable bonds is 8. The highest BCUT2D eigenvalue weighted by atomic mass is 32.2. The van der Waals surface area contributed by atoms with E-state index in [0.29, 0.717) is 19.1 Å². The molecule has 2 aromatic carbocycles. The number of hydrogen-bond acceptors (Lipinski definition) is 4. The number of ether oxygens (including phenoxy) is 1. The van der Waals surface area contributed by atoms with Crippen LogP contribution in [0.1, 0.15) is 35.4 Å². The van der Waals surface area contributed by atoms with Crippen LogP contribution in [0.15, 0.2) is 48.5 Å². The van der Waals surface area contributed by atoms with Gasteiger partial charge >= 0.3 is 0 Å². The standard InChI is InChI=1S/C22H28N2O3S/c1-23-21-14-27-22-10-9-18(13-24-28(25,26)15-17-7-8-17)12-20(22)19(21)11-16-5-3-2-4-6-16/h2-6,9-10,12,17,19,21,23-24H,7-8,11,13-15H2,1H3/t19-,21-/m1/s1. The highest BCUT2D eigenvalue weighted by molar-refractivity contribution is 7.89. The molecule has 28 heavy (non-hydrogen) atoms. The number of benzene rings is 2. The highest BCUT2D eigenvalue weighted by Gasteiger charge is 2.31. The summed E-state index contributed by atoms with van der Waals surface area (Å²) in [6.07, 6.45) is 2.98. The van der Waals surface area contributed by atoms with Crippen molar-refractivity contribution in [1.82, 2.24) is 10.0 Å². The van der Waals surface area contributed by atoms with Crippen LogP contribution in [0, 0.1) is 5.92 Å². The summed E-state index contributed by atoms with van der Waals surface area (Å²) in [5.41, 5.74) is 3.40. The van der Waals surface area contributed by atoms with Gasteiger partial charge in [0.05, 0.1) is 5.75 Å². The van der Waals surface area contributed by atoms with E-state index in [1.54, 1.807) is 0 Å². The second-order valence-electron chi connectivity index (χ2n) is 7.92. The topological polar surface area (TPSA) is 67.4 Å². The van der Waals surface area contributed by atoms with Crippen LogP contribution in [0.5, 0.6) is 5.75 Å². The first kappa shape index (κ1) is 19.4. The molecule has 2 atom stereocenters. The number of hydrogen-bond donors (Lipinski definition) is 2. The molecule has 1 heterocycles. The molecule has 0 bridgehead atoms. The van der Waals surface area contributed by atoms with Crippen molar-refractivity contribution in [3.63, 3.8) is 0 Å². The fraction of sp³-hybridized carbons (Fsp3) is 0.455. The number of nitrogens with one attached hydrogen (secondary N) is 2. The van der Waals surface area contributed by atoms with Gasteiger partial charge in [0.1, 0.15) is 12.4 Å². The minimum atomic E-state index is -3.21. The molecule has 1 aliphatic heterocycles. The van der Waals surface area contributed by atoms with E-state index in [1.807, 2.05) is 25.2 Å². The van der Waals surface area contributed by atoms with Crippen molar-refractivity contribution in [2.45, 2.75) is 37.8 Å². The van der Waals surface area contributed by atoms with Gasteiger partial charge in [-0.15, -0.1) is 0 Å². The summed E-state index contributed by atoms with van der Waals surface area (Å²) in [6.45, 7) is 0.957. The van der Waals surface area contributed by atoms with Crippen molar-refractivity contribution in [3.8, 4) is 5.75 Å². The predicted molar refractivity (Wildman–Crippen MR) is 111 cm³/mol. The summed E-state index contributed by atoms with van der Waals surface area (Å²) in [4.78, 5) is 0. The summed E-state index contributed by atoms with van der Waals surface area (Å²) in [7, 11) is -1.24. The maximum Gasteiger partial charge on any atom is 0.212 e. The molecular weight excluding hydrogens is 372 g/mol. The zero-order valence-electron chi connectivity index (χ0n) is 16.2. The minimum absolute atomic E-state index is 0.217. The van der Waals surface area contributed by atoms with E-state index in [1.165, 1.54) is 5.56 Å². The Balaban J connectivity index is 1.53. The maximum absolute atomic E-state index is 12.2. The average Bonchev–Trinajstić information content (AvgIpc) is 3.51. The number of fused-ring (bicyclic) bond motifs is 1. The van der Waals surface area contributed by atoms with E-state index in [2.05, 4.69) is 40.4 Å². The van der Waals surface area contributed by atoms with Crippen molar-refractivity contribution < 1.29 is 13.2 Å². The molecule has 6 heteroatoms. The number of likely N-dealkylation sites (N-methyl/N-ethyl adjacent to an activating group) is 1. The first-order chi connectivity index (χ1) is 13.5. The molecule has 1 aliphatic carbocycles. The molecule has 2 N–H and O–H groups in total. The van der Waals surface area contributed by atoms with Crippen molar-refractivity contribution in [1.29, 1.82) is 0 Å². The van der Waals surface area contributed by atoms with Gasteiger partial charge in [-0.1, -0.05) is 42.5 Å². The van der Waals surface area contributed by atoms with Crippen molar-refractivity contribution in [3.05, 3.63) is 65.2 Å². The van der Waals surface area contributed by atoms with Crippen LogP contribution in [-0.2, 0) is 23.0 Å². The lowest BCUT2D eigenvalue weighted by Crippen LogP contribution is -2.41. The zero-order chi connectivity index (χ0) is 19.6. The summed E-state index contributed by atoms with van der Waals surface area (Å²) in [6, 6.07) is 16.7. The van der Waals surface area contributed by atoms with Gasteiger partial charge in [0.15, 0.2) is 0 Å². The van der Waals surface area contributed by atoms with Gasteiger partial charge in [-0.25, -0.2) is 13.1 Å². The quantitative estimate of drug-likeness (QED) is 0.715. The lowest BCUT2D eigenvalue weighted by atomic mass is 9.83. The van der Waals surface area contributed by atoms with Gasteiger partial charge in [-0.05, 0) is 55.0 Å². The van der Waals surface area contributed by atoms with Gasteiger partial charge < -0.3 is 10.1 Å². The summed E-state index contributed by atoms with van der Waals surface area (Å²) < 4.78 is 33.1. The van der Waals surface area contributed by atoms with E-state index in [9.17, 15) is 8.42 Å². The van der Waals surface area contributed by atoms with Crippen LogP contribution in [0.4, 0.5) is 0 Å². The van der Waals surface area contributed by atoms with Crippen molar-refractivity contribution in [2.75, 3.05) is 19.4 Å². The molecule has 1 saturated carbocycles. The molecule has 0 aromatic heterocycles. The van der Waals surface area contributed by atoms with Crippen LogP contribution < -0.4 is 14.8 Å². The molecular formula is C22H28N2O3S. The molecule has 4 rings (SSSR count). The highest BCUT2D eigenvalue weighted by Crippen LogP contribution is 2.37. The fourth-order valence-corrected chi connectivity index (χ4v) is 5.35. The Morgan fingerprint density at radius 3 is 2.57 bits per heavy atom. The van der Waals surface area contributed by atoms with Crippen molar-refractivity contribution in [2.24, 2.45) is 5.92 Å². The molecule has 2 aliphatic rings. The van der Waals surface area contributed by atoms with Gasteiger partial charge in [0, 0.05) is 18.5 Å². The SMILES string of the molecule is CN[C@@H]1COc2ccc(CNS(=O)(=O)CC3CC3)cc2[C@H]1Cc1ccccc1. The molecule has 0 spiro atoms. The normalized spacial score (nSPS) is 21.8. The maximum atomic E-state index is 12.2. The number of sulfonamides is 1. The molecule has 0 radical (unpaired) electrons. The van der Waals surface area contributed by atoms with Crippen molar-refractivity contribution >= 4 is 10.0 Å². The summed E-state index contributed by atoms with van der Waals surface area (Å²) >= 11 is 0. The third-order valence-corrected chi connectivity index (χ3v) is 7.19.